The van der Waals surface area contributed by atoms with Crippen molar-refractivity contribution in [2.24, 2.45) is 5.73 Å². The Hall–Kier alpha value is -0.240. The van der Waals surface area contributed by atoms with Crippen LogP contribution < -0.4 is 5.73 Å². The van der Waals surface area contributed by atoms with E-state index in [0.29, 0.717) is 16.6 Å². The van der Waals surface area contributed by atoms with Gasteiger partial charge in [-0.1, -0.05) is 29.3 Å². The molecule has 0 fully saturated rings. The molecule has 0 aliphatic heterocycles. The largest absolute Gasteiger partial charge is 0.326 e. The molecule has 0 heterocycles. The number of benzene rings is 1. The van der Waals surface area contributed by atoms with E-state index >= 15 is 0 Å². The highest BCUT2D eigenvalue weighted by Gasteiger charge is 1.96. The van der Waals surface area contributed by atoms with Gasteiger partial charge in [0.25, 0.3) is 0 Å². The molecular weight excluding hydrogens is 169 g/mol. The van der Waals surface area contributed by atoms with Crippen LogP contribution in [-0.4, -0.2) is 0 Å². The fourth-order valence-corrected chi connectivity index (χ4v) is 1.17. The van der Waals surface area contributed by atoms with Crippen LogP contribution in [0.25, 0.3) is 0 Å². The monoisotopic (exact) mass is 177 g/mol. The summed E-state index contributed by atoms with van der Waals surface area (Å²) in [6.45, 7) is 0.454. The Morgan fingerprint density at radius 2 is 2.10 bits per heavy atom. The lowest BCUT2D eigenvalue weighted by atomic mass is 10.2. The van der Waals surface area contributed by atoms with Crippen molar-refractivity contribution in [3.63, 3.8) is 0 Å². The molecule has 0 unspecified atom stereocenters. The first-order chi connectivity index (χ1) is 4.74. The first kappa shape index (κ1) is 7.86. The minimum Gasteiger partial charge on any atom is -0.326 e. The third-order valence-corrected chi connectivity index (χ3v) is 1.82. The lowest BCUT2D eigenvalue weighted by Crippen LogP contribution is -1.96. The molecule has 2 N–H and O–H groups in total. The number of rotatable bonds is 1. The van der Waals surface area contributed by atoms with Crippen molar-refractivity contribution in [1.82, 2.24) is 0 Å². The van der Waals surface area contributed by atoms with Crippen LogP contribution in [0, 0.1) is 0 Å². The van der Waals surface area contributed by atoms with Gasteiger partial charge in [-0.3, -0.25) is 0 Å². The standard InChI is InChI=1S/C7H7Cl2N.H2/c8-6-2-1-5(4-10)7(9)3-6;/h1-3H,4,10H2;1H. The normalized spacial score (nSPS) is 9.90. The van der Waals surface area contributed by atoms with E-state index in [9.17, 15) is 0 Å². The minimum absolute atomic E-state index is 0. The zero-order chi connectivity index (χ0) is 7.56. The van der Waals surface area contributed by atoms with Gasteiger partial charge < -0.3 is 5.73 Å². The molecule has 0 aliphatic rings. The van der Waals surface area contributed by atoms with E-state index in [4.69, 9.17) is 28.9 Å². The van der Waals surface area contributed by atoms with Crippen molar-refractivity contribution >= 4 is 23.2 Å². The van der Waals surface area contributed by atoms with Crippen molar-refractivity contribution in [3.8, 4) is 0 Å². The van der Waals surface area contributed by atoms with Gasteiger partial charge in [0.1, 0.15) is 0 Å². The predicted molar refractivity (Wildman–Crippen MR) is 46.5 cm³/mol. The van der Waals surface area contributed by atoms with Gasteiger partial charge >= 0.3 is 0 Å². The number of halogens is 2. The molecule has 0 saturated carbocycles. The molecule has 1 rings (SSSR count). The molecule has 0 atom stereocenters. The minimum atomic E-state index is 0. The Bertz CT molecular complexity index is 240. The van der Waals surface area contributed by atoms with Gasteiger partial charge in [-0.05, 0) is 17.7 Å². The maximum Gasteiger partial charge on any atom is 0.0465 e. The van der Waals surface area contributed by atoms with E-state index in [1.807, 2.05) is 6.07 Å². The Labute approximate surface area is 71.2 Å². The van der Waals surface area contributed by atoms with Crippen LogP contribution in [0.1, 0.15) is 6.99 Å². The highest BCUT2D eigenvalue weighted by atomic mass is 35.5. The molecule has 1 aromatic rings. The quantitative estimate of drug-likeness (QED) is 0.702. The number of nitrogens with two attached hydrogens (primary N) is 1. The second-order valence-electron chi connectivity index (χ2n) is 1.94. The van der Waals surface area contributed by atoms with Crippen molar-refractivity contribution in [2.75, 3.05) is 0 Å². The first-order valence-corrected chi connectivity index (χ1v) is 3.63. The van der Waals surface area contributed by atoms with Crippen LogP contribution in [-0.2, 0) is 6.54 Å². The van der Waals surface area contributed by atoms with Gasteiger partial charge in [0.2, 0.25) is 0 Å². The molecule has 0 aromatic heterocycles. The molecule has 56 valence electrons. The lowest BCUT2D eigenvalue weighted by Gasteiger charge is -1.98. The fraction of sp³-hybridized carbons (Fsp3) is 0.143. The van der Waals surface area contributed by atoms with Gasteiger partial charge in [0, 0.05) is 18.0 Å². The highest BCUT2D eigenvalue weighted by molar-refractivity contribution is 6.35. The first-order valence-electron chi connectivity index (χ1n) is 2.88. The fourth-order valence-electron chi connectivity index (χ4n) is 0.687. The molecular formula is C7H9Cl2N. The third kappa shape index (κ3) is 1.63. The SMILES string of the molecule is NCc1ccc(Cl)cc1Cl.[HH]. The van der Waals surface area contributed by atoms with Crippen LogP contribution in [0.5, 0.6) is 0 Å². The smallest absolute Gasteiger partial charge is 0.0465 e. The molecule has 0 amide bonds. The topological polar surface area (TPSA) is 26.0 Å². The summed E-state index contributed by atoms with van der Waals surface area (Å²) in [5.74, 6) is 0. The highest BCUT2D eigenvalue weighted by Crippen LogP contribution is 2.19. The molecule has 0 bridgehead atoms. The average molecular weight is 178 g/mol. The van der Waals surface area contributed by atoms with Crippen LogP contribution in [0.2, 0.25) is 10.0 Å². The summed E-state index contributed by atoms with van der Waals surface area (Å²) >= 11 is 11.4. The number of hydrogen-bond acceptors (Lipinski definition) is 1. The summed E-state index contributed by atoms with van der Waals surface area (Å²) in [6, 6.07) is 5.28. The molecule has 0 spiro atoms. The Kier molecular flexibility index (Phi) is 2.55. The van der Waals surface area contributed by atoms with Crippen LogP contribution in [0.4, 0.5) is 0 Å². The van der Waals surface area contributed by atoms with Gasteiger partial charge in [0.05, 0.1) is 0 Å². The van der Waals surface area contributed by atoms with Crippen molar-refractivity contribution in [3.05, 3.63) is 33.8 Å². The molecule has 10 heavy (non-hydrogen) atoms. The van der Waals surface area contributed by atoms with Gasteiger partial charge in [-0.15, -0.1) is 0 Å². The molecule has 0 aliphatic carbocycles. The average Bonchev–Trinajstić information content (AvgIpc) is 1.88. The Balaban J connectivity index is 0.000001000. The summed E-state index contributed by atoms with van der Waals surface area (Å²) in [6.07, 6.45) is 0. The van der Waals surface area contributed by atoms with E-state index in [-0.39, 0.29) is 1.43 Å². The Morgan fingerprint density at radius 1 is 1.40 bits per heavy atom. The predicted octanol–water partition coefficient (Wildman–Crippen LogP) is 2.70. The van der Waals surface area contributed by atoms with E-state index in [1.54, 1.807) is 12.1 Å². The van der Waals surface area contributed by atoms with Crippen molar-refractivity contribution < 1.29 is 1.43 Å². The van der Waals surface area contributed by atoms with E-state index in [2.05, 4.69) is 0 Å². The van der Waals surface area contributed by atoms with Crippen LogP contribution in [0.3, 0.4) is 0 Å². The summed E-state index contributed by atoms with van der Waals surface area (Å²) < 4.78 is 0. The van der Waals surface area contributed by atoms with Gasteiger partial charge in [-0.25, -0.2) is 0 Å². The Morgan fingerprint density at radius 3 is 2.60 bits per heavy atom. The number of hydrogen-bond donors (Lipinski definition) is 1. The van der Waals surface area contributed by atoms with E-state index < -0.39 is 0 Å². The van der Waals surface area contributed by atoms with Crippen LogP contribution in [0.15, 0.2) is 18.2 Å². The van der Waals surface area contributed by atoms with Crippen molar-refractivity contribution in [1.29, 1.82) is 0 Å². The van der Waals surface area contributed by atoms with Gasteiger partial charge in [-0.2, -0.15) is 0 Å². The summed E-state index contributed by atoms with van der Waals surface area (Å²) in [7, 11) is 0. The second kappa shape index (κ2) is 3.24. The molecule has 3 heteroatoms. The van der Waals surface area contributed by atoms with E-state index in [0.717, 1.165) is 5.56 Å². The van der Waals surface area contributed by atoms with E-state index in [1.165, 1.54) is 0 Å². The molecule has 1 aromatic carbocycles. The molecule has 0 radical (unpaired) electrons. The van der Waals surface area contributed by atoms with Crippen LogP contribution >= 0.6 is 23.2 Å². The van der Waals surface area contributed by atoms with Gasteiger partial charge in [0.15, 0.2) is 0 Å². The second-order valence-corrected chi connectivity index (χ2v) is 2.78. The zero-order valence-electron chi connectivity index (χ0n) is 5.27. The molecule has 0 saturated heterocycles. The maximum atomic E-state index is 5.77. The zero-order valence-corrected chi connectivity index (χ0v) is 6.78. The summed E-state index contributed by atoms with van der Waals surface area (Å²) in [4.78, 5) is 0. The maximum absolute atomic E-state index is 5.77. The molecule has 1 nitrogen and oxygen atoms in total. The van der Waals surface area contributed by atoms with Crippen molar-refractivity contribution in [2.45, 2.75) is 6.54 Å². The summed E-state index contributed by atoms with van der Waals surface area (Å²) in [5.41, 5.74) is 6.30. The third-order valence-electron chi connectivity index (χ3n) is 1.24. The lowest BCUT2D eigenvalue weighted by molar-refractivity contribution is 1.07. The summed E-state index contributed by atoms with van der Waals surface area (Å²) in [5, 5.41) is 1.28.